The molecule has 0 fully saturated rings. The maximum Gasteiger partial charge on any atom is 0.191 e. The molecule has 1 unspecified atom stereocenters. The minimum Gasteiger partial charge on any atom is -0.469 e. The molecule has 1 atom stereocenters. The van der Waals surface area contributed by atoms with Crippen molar-refractivity contribution in [2.75, 3.05) is 20.2 Å². The Morgan fingerprint density at radius 1 is 1.50 bits per heavy atom. The van der Waals surface area contributed by atoms with Gasteiger partial charge in [0.1, 0.15) is 18.2 Å². The smallest absolute Gasteiger partial charge is 0.191 e. The van der Waals surface area contributed by atoms with Crippen molar-refractivity contribution in [3.05, 3.63) is 35.8 Å². The van der Waals surface area contributed by atoms with E-state index in [4.69, 9.17) is 9.15 Å². The summed E-state index contributed by atoms with van der Waals surface area (Å²) in [4.78, 5) is 9.17. The number of aryl methyl sites for hydroxylation is 1. The van der Waals surface area contributed by atoms with Crippen LogP contribution in [0.1, 0.15) is 37.2 Å². The molecular weight excluding hydrogens is 332 g/mol. The van der Waals surface area contributed by atoms with Crippen LogP contribution in [0.2, 0.25) is 0 Å². The first-order valence-electron chi connectivity index (χ1n) is 9.27. The Balaban J connectivity index is 1.54. The third-order valence-electron chi connectivity index (χ3n) is 4.25. The molecule has 8 nitrogen and oxygen atoms in total. The SMILES string of the molecule is CCCN=C(NCCc1ccco1)NC1CCc2nc(COC)nn2C1. The molecular formula is C18H28N6O2. The van der Waals surface area contributed by atoms with Crippen LogP contribution in [0.15, 0.2) is 27.8 Å². The van der Waals surface area contributed by atoms with Crippen molar-refractivity contribution in [1.82, 2.24) is 25.4 Å². The molecule has 0 aliphatic carbocycles. The summed E-state index contributed by atoms with van der Waals surface area (Å²) in [6, 6.07) is 4.18. The number of guanidine groups is 1. The van der Waals surface area contributed by atoms with Gasteiger partial charge >= 0.3 is 0 Å². The van der Waals surface area contributed by atoms with E-state index in [0.717, 1.165) is 68.7 Å². The number of methoxy groups -OCH3 is 1. The van der Waals surface area contributed by atoms with E-state index in [1.165, 1.54) is 0 Å². The molecule has 0 bridgehead atoms. The summed E-state index contributed by atoms with van der Waals surface area (Å²) >= 11 is 0. The number of nitrogens with zero attached hydrogens (tertiary/aromatic N) is 4. The molecule has 0 saturated carbocycles. The molecule has 26 heavy (non-hydrogen) atoms. The molecule has 2 N–H and O–H groups in total. The normalized spacial score (nSPS) is 17.2. The number of hydrogen-bond acceptors (Lipinski definition) is 5. The molecule has 1 aliphatic rings. The van der Waals surface area contributed by atoms with Crippen LogP contribution in [-0.2, 0) is 30.7 Å². The fourth-order valence-electron chi connectivity index (χ4n) is 3.00. The van der Waals surface area contributed by atoms with Crippen LogP contribution in [-0.4, -0.2) is 47.0 Å². The second-order valence-electron chi connectivity index (χ2n) is 6.43. The number of nitrogens with one attached hydrogen (secondary N) is 2. The first-order valence-corrected chi connectivity index (χ1v) is 9.27. The lowest BCUT2D eigenvalue weighted by Crippen LogP contribution is -2.47. The number of rotatable bonds is 8. The lowest BCUT2D eigenvalue weighted by molar-refractivity contribution is 0.177. The van der Waals surface area contributed by atoms with E-state index in [9.17, 15) is 0 Å². The Kier molecular flexibility index (Phi) is 6.65. The van der Waals surface area contributed by atoms with Crippen LogP contribution in [0.3, 0.4) is 0 Å². The number of ether oxygens (including phenoxy) is 1. The molecule has 0 aromatic carbocycles. The van der Waals surface area contributed by atoms with Gasteiger partial charge in [-0.25, -0.2) is 9.67 Å². The van der Waals surface area contributed by atoms with Crippen molar-refractivity contribution in [2.24, 2.45) is 4.99 Å². The first kappa shape index (κ1) is 18.4. The second kappa shape index (κ2) is 9.38. The summed E-state index contributed by atoms with van der Waals surface area (Å²) in [5.41, 5.74) is 0. The van der Waals surface area contributed by atoms with E-state index in [-0.39, 0.29) is 6.04 Å². The van der Waals surface area contributed by atoms with Gasteiger partial charge in [0, 0.05) is 39.1 Å². The molecule has 8 heteroatoms. The van der Waals surface area contributed by atoms with E-state index in [2.05, 4.69) is 32.6 Å². The molecule has 2 aromatic rings. The highest BCUT2D eigenvalue weighted by Crippen LogP contribution is 2.13. The fourth-order valence-corrected chi connectivity index (χ4v) is 3.00. The summed E-state index contributed by atoms with van der Waals surface area (Å²) in [5, 5.41) is 11.5. The Morgan fingerprint density at radius 3 is 3.19 bits per heavy atom. The Hall–Kier alpha value is -2.35. The fraction of sp³-hybridized carbons (Fsp3) is 0.611. The van der Waals surface area contributed by atoms with Crippen molar-refractivity contribution < 1.29 is 9.15 Å². The predicted molar refractivity (Wildman–Crippen MR) is 99.0 cm³/mol. The molecule has 142 valence electrons. The van der Waals surface area contributed by atoms with Crippen LogP contribution >= 0.6 is 0 Å². The minimum absolute atomic E-state index is 0.284. The molecule has 0 radical (unpaired) electrons. The topological polar surface area (TPSA) is 89.5 Å². The van der Waals surface area contributed by atoms with Gasteiger partial charge in [-0.2, -0.15) is 5.10 Å². The third-order valence-corrected chi connectivity index (χ3v) is 4.25. The van der Waals surface area contributed by atoms with Crippen molar-refractivity contribution in [2.45, 2.75) is 51.8 Å². The summed E-state index contributed by atoms with van der Waals surface area (Å²) in [5.74, 6) is 3.61. The lowest BCUT2D eigenvalue weighted by atomic mass is 10.1. The van der Waals surface area contributed by atoms with E-state index in [1.54, 1.807) is 13.4 Å². The molecule has 0 spiro atoms. The van der Waals surface area contributed by atoms with E-state index in [0.29, 0.717) is 6.61 Å². The molecule has 0 saturated heterocycles. The van der Waals surface area contributed by atoms with Gasteiger partial charge in [-0.3, -0.25) is 4.99 Å². The predicted octanol–water partition coefficient (Wildman–Crippen LogP) is 1.52. The van der Waals surface area contributed by atoms with Gasteiger partial charge in [-0.05, 0) is 25.0 Å². The molecule has 3 heterocycles. The lowest BCUT2D eigenvalue weighted by Gasteiger charge is -2.25. The number of fused-ring (bicyclic) bond motifs is 1. The highest BCUT2D eigenvalue weighted by Gasteiger charge is 2.22. The van der Waals surface area contributed by atoms with Gasteiger partial charge in [0.25, 0.3) is 0 Å². The molecule has 3 rings (SSSR count). The van der Waals surface area contributed by atoms with Crippen LogP contribution in [0.4, 0.5) is 0 Å². The highest BCUT2D eigenvalue weighted by molar-refractivity contribution is 5.80. The number of furan rings is 1. The Bertz CT molecular complexity index is 695. The molecule has 1 aliphatic heterocycles. The summed E-state index contributed by atoms with van der Waals surface area (Å²) < 4.78 is 12.5. The summed E-state index contributed by atoms with van der Waals surface area (Å²) in [6.45, 7) is 4.95. The van der Waals surface area contributed by atoms with Gasteiger partial charge in [0.15, 0.2) is 11.8 Å². The summed E-state index contributed by atoms with van der Waals surface area (Å²) in [7, 11) is 1.66. The maximum absolute atomic E-state index is 5.38. The van der Waals surface area contributed by atoms with Gasteiger partial charge in [-0.15, -0.1) is 0 Å². The van der Waals surface area contributed by atoms with E-state index >= 15 is 0 Å². The van der Waals surface area contributed by atoms with E-state index < -0.39 is 0 Å². The number of aromatic nitrogens is 3. The average Bonchev–Trinajstić information content (AvgIpc) is 3.28. The van der Waals surface area contributed by atoms with Crippen molar-refractivity contribution >= 4 is 5.96 Å². The van der Waals surface area contributed by atoms with Gasteiger partial charge in [0.05, 0.1) is 12.8 Å². The Morgan fingerprint density at radius 2 is 2.42 bits per heavy atom. The van der Waals surface area contributed by atoms with Crippen LogP contribution in [0, 0.1) is 0 Å². The largest absolute Gasteiger partial charge is 0.469 e. The van der Waals surface area contributed by atoms with E-state index in [1.807, 2.05) is 16.8 Å². The molecule has 2 aromatic heterocycles. The first-order chi connectivity index (χ1) is 12.8. The zero-order valence-electron chi connectivity index (χ0n) is 15.6. The second-order valence-corrected chi connectivity index (χ2v) is 6.43. The number of hydrogen-bond donors (Lipinski definition) is 2. The monoisotopic (exact) mass is 360 g/mol. The quantitative estimate of drug-likeness (QED) is 0.548. The van der Waals surface area contributed by atoms with Crippen molar-refractivity contribution in [1.29, 1.82) is 0 Å². The van der Waals surface area contributed by atoms with Crippen molar-refractivity contribution in [3.63, 3.8) is 0 Å². The number of aliphatic imine (C=N–C) groups is 1. The van der Waals surface area contributed by atoms with Gasteiger partial charge < -0.3 is 19.8 Å². The highest BCUT2D eigenvalue weighted by atomic mass is 16.5. The average molecular weight is 360 g/mol. The van der Waals surface area contributed by atoms with Gasteiger partial charge in [-0.1, -0.05) is 6.92 Å². The Labute approximate surface area is 154 Å². The zero-order valence-corrected chi connectivity index (χ0v) is 15.6. The molecule has 0 amide bonds. The standard InChI is InChI=1S/C18H28N6O2/c1-3-9-19-18(20-10-8-15-5-4-11-26-15)21-14-6-7-17-22-16(13-25-2)23-24(17)12-14/h4-5,11,14H,3,6-10,12-13H2,1-2H3,(H2,19,20,21). The van der Waals surface area contributed by atoms with Crippen molar-refractivity contribution in [3.8, 4) is 0 Å². The summed E-state index contributed by atoms with van der Waals surface area (Å²) in [6.07, 6.45) is 5.47. The zero-order chi connectivity index (χ0) is 18.2. The third kappa shape index (κ3) is 5.08. The van der Waals surface area contributed by atoms with Crippen LogP contribution in [0.5, 0.6) is 0 Å². The van der Waals surface area contributed by atoms with Crippen LogP contribution in [0.25, 0.3) is 0 Å². The minimum atomic E-state index is 0.284. The van der Waals surface area contributed by atoms with Crippen LogP contribution < -0.4 is 10.6 Å². The van der Waals surface area contributed by atoms with Gasteiger partial charge in [0.2, 0.25) is 0 Å². The maximum atomic E-state index is 5.38.